The van der Waals surface area contributed by atoms with Gasteiger partial charge in [0, 0.05) is 19.0 Å². The lowest BCUT2D eigenvalue weighted by molar-refractivity contribution is -0.118. The van der Waals surface area contributed by atoms with Crippen LogP contribution in [0.2, 0.25) is 0 Å². The van der Waals surface area contributed by atoms with Crippen molar-refractivity contribution in [2.24, 2.45) is 5.73 Å². The molecule has 0 aromatic heterocycles. The summed E-state index contributed by atoms with van der Waals surface area (Å²) in [5.41, 5.74) is 7.04. The molecule has 0 fully saturated rings. The number of carbonyl (C=O) groups is 1. The predicted octanol–water partition coefficient (Wildman–Crippen LogP) is 1.71. The Morgan fingerprint density at radius 2 is 2.00 bits per heavy atom. The summed E-state index contributed by atoms with van der Waals surface area (Å²) in [5.74, 6) is 1.42. The zero-order valence-corrected chi connectivity index (χ0v) is 12.0. The van der Waals surface area contributed by atoms with Gasteiger partial charge in [-0.05, 0) is 32.0 Å². The third-order valence-corrected chi connectivity index (χ3v) is 3.09. The molecule has 5 heteroatoms. The van der Waals surface area contributed by atoms with Gasteiger partial charge in [0.1, 0.15) is 11.5 Å². The lowest BCUT2D eigenvalue weighted by Crippen LogP contribution is -2.27. The van der Waals surface area contributed by atoms with Crippen LogP contribution in [0.5, 0.6) is 11.5 Å². The minimum absolute atomic E-state index is 0.0216. The van der Waals surface area contributed by atoms with E-state index in [1.165, 1.54) is 0 Å². The molecular weight excluding hydrogens is 244 g/mol. The van der Waals surface area contributed by atoms with Crippen molar-refractivity contribution in [2.45, 2.75) is 19.8 Å². The summed E-state index contributed by atoms with van der Waals surface area (Å²) in [6.07, 6.45) is 1.11. The highest BCUT2D eigenvalue weighted by Crippen LogP contribution is 2.36. The first kappa shape index (κ1) is 15.3. The Morgan fingerprint density at radius 1 is 1.32 bits per heavy atom. The molecule has 106 valence electrons. The first-order valence-corrected chi connectivity index (χ1v) is 6.25. The summed E-state index contributed by atoms with van der Waals surface area (Å²) < 4.78 is 10.6. The fraction of sp³-hybridized carbons (Fsp3) is 0.500. The number of ether oxygens (including phenoxy) is 2. The quantitative estimate of drug-likeness (QED) is 0.851. The number of nitrogens with two attached hydrogens (primary N) is 1. The number of nitrogens with zero attached hydrogens (tertiary/aromatic N) is 1. The first-order chi connectivity index (χ1) is 9.06. The van der Waals surface area contributed by atoms with Crippen molar-refractivity contribution in [2.75, 3.05) is 32.7 Å². The van der Waals surface area contributed by atoms with Gasteiger partial charge in [-0.3, -0.25) is 4.79 Å². The molecule has 0 aliphatic carbocycles. The fourth-order valence-corrected chi connectivity index (χ4v) is 1.96. The van der Waals surface area contributed by atoms with E-state index in [1.54, 1.807) is 26.2 Å². The molecule has 19 heavy (non-hydrogen) atoms. The standard InChI is InChI=1S/C14H22N2O3/c1-10-12(18-3)8-7-11(14(10)19-4)16(2)13(17)6-5-9-15/h7-8H,5-6,9,15H2,1-4H3. The van der Waals surface area contributed by atoms with Gasteiger partial charge >= 0.3 is 0 Å². The van der Waals surface area contributed by atoms with Crippen LogP contribution in [0, 0.1) is 6.92 Å². The van der Waals surface area contributed by atoms with E-state index >= 15 is 0 Å². The Morgan fingerprint density at radius 3 is 2.53 bits per heavy atom. The number of benzene rings is 1. The van der Waals surface area contributed by atoms with Gasteiger partial charge in [-0.25, -0.2) is 0 Å². The molecule has 1 rings (SSSR count). The molecule has 5 nitrogen and oxygen atoms in total. The van der Waals surface area contributed by atoms with Crippen LogP contribution in [0.25, 0.3) is 0 Å². The highest BCUT2D eigenvalue weighted by molar-refractivity contribution is 5.94. The molecular formula is C14H22N2O3. The number of rotatable bonds is 6. The van der Waals surface area contributed by atoms with Gasteiger partial charge in [0.05, 0.1) is 19.9 Å². The summed E-state index contributed by atoms with van der Waals surface area (Å²) in [4.78, 5) is 13.6. The zero-order chi connectivity index (χ0) is 14.4. The topological polar surface area (TPSA) is 64.8 Å². The molecule has 0 heterocycles. The Bertz CT molecular complexity index is 447. The molecule has 0 aliphatic rings. The Kier molecular flexibility index (Phi) is 5.63. The number of hydrogen-bond donors (Lipinski definition) is 1. The van der Waals surface area contributed by atoms with E-state index in [4.69, 9.17) is 15.2 Å². The molecule has 0 aliphatic heterocycles. The van der Waals surface area contributed by atoms with Crippen molar-refractivity contribution in [3.8, 4) is 11.5 Å². The fourth-order valence-electron chi connectivity index (χ4n) is 1.96. The Balaban J connectivity index is 3.06. The zero-order valence-electron chi connectivity index (χ0n) is 12.0. The van der Waals surface area contributed by atoms with Crippen LogP contribution < -0.4 is 20.1 Å². The van der Waals surface area contributed by atoms with Crippen LogP contribution in [-0.4, -0.2) is 33.7 Å². The third-order valence-electron chi connectivity index (χ3n) is 3.09. The average molecular weight is 266 g/mol. The number of methoxy groups -OCH3 is 2. The Labute approximate surface area is 114 Å². The van der Waals surface area contributed by atoms with Gasteiger partial charge in [0.2, 0.25) is 5.91 Å². The molecule has 1 amide bonds. The maximum atomic E-state index is 12.0. The number of anilines is 1. The molecule has 0 radical (unpaired) electrons. The van der Waals surface area contributed by atoms with Gasteiger partial charge in [-0.15, -0.1) is 0 Å². The number of hydrogen-bond acceptors (Lipinski definition) is 4. The van der Waals surface area contributed by atoms with E-state index in [0.717, 1.165) is 17.0 Å². The molecule has 0 unspecified atom stereocenters. The third kappa shape index (κ3) is 3.38. The monoisotopic (exact) mass is 266 g/mol. The van der Waals surface area contributed by atoms with E-state index in [0.29, 0.717) is 25.1 Å². The van der Waals surface area contributed by atoms with Crippen LogP contribution in [-0.2, 0) is 4.79 Å². The number of amides is 1. The molecule has 0 atom stereocenters. The summed E-state index contributed by atoms with van der Waals surface area (Å²) >= 11 is 0. The molecule has 0 bridgehead atoms. The summed E-state index contributed by atoms with van der Waals surface area (Å²) in [7, 11) is 4.93. The van der Waals surface area contributed by atoms with Crippen molar-refractivity contribution in [1.29, 1.82) is 0 Å². The van der Waals surface area contributed by atoms with Crippen molar-refractivity contribution < 1.29 is 14.3 Å². The molecule has 0 saturated heterocycles. The molecule has 0 saturated carbocycles. The largest absolute Gasteiger partial charge is 0.496 e. The van der Waals surface area contributed by atoms with Gasteiger partial charge in [0.15, 0.2) is 0 Å². The van der Waals surface area contributed by atoms with Crippen molar-refractivity contribution in [1.82, 2.24) is 0 Å². The van der Waals surface area contributed by atoms with Crippen LogP contribution >= 0.6 is 0 Å². The minimum atomic E-state index is 0.0216. The normalized spacial score (nSPS) is 10.2. The second-order valence-corrected chi connectivity index (χ2v) is 4.29. The van der Waals surface area contributed by atoms with Crippen LogP contribution in [0.4, 0.5) is 5.69 Å². The van der Waals surface area contributed by atoms with Crippen molar-refractivity contribution >= 4 is 11.6 Å². The van der Waals surface area contributed by atoms with Gasteiger partial charge in [0.25, 0.3) is 0 Å². The van der Waals surface area contributed by atoms with Gasteiger partial charge in [-0.1, -0.05) is 0 Å². The highest BCUT2D eigenvalue weighted by atomic mass is 16.5. The van der Waals surface area contributed by atoms with E-state index in [1.807, 2.05) is 19.1 Å². The van der Waals surface area contributed by atoms with Crippen molar-refractivity contribution in [3.63, 3.8) is 0 Å². The van der Waals surface area contributed by atoms with Crippen LogP contribution in [0.3, 0.4) is 0 Å². The summed E-state index contributed by atoms with van der Waals surface area (Å²) in [6, 6.07) is 3.66. The second kappa shape index (κ2) is 6.99. The Hall–Kier alpha value is -1.75. The minimum Gasteiger partial charge on any atom is -0.496 e. The SMILES string of the molecule is COc1ccc(N(C)C(=O)CCCN)c(OC)c1C. The molecule has 1 aromatic rings. The maximum absolute atomic E-state index is 12.0. The predicted molar refractivity (Wildman–Crippen MR) is 76.0 cm³/mol. The van der Waals surface area contributed by atoms with Crippen LogP contribution in [0.1, 0.15) is 18.4 Å². The first-order valence-electron chi connectivity index (χ1n) is 6.25. The van der Waals surface area contributed by atoms with E-state index in [-0.39, 0.29) is 5.91 Å². The van der Waals surface area contributed by atoms with E-state index in [9.17, 15) is 4.79 Å². The van der Waals surface area contributed by atoms with Crippen LogP contribution in [0.15, 0.2) is 12.1 Å². The van der Waals surface area contributed by atoms with E-state index in [2.05, 4.69) is 0 Å². The molecule has 1 aromatic carbocycles. The lowest BCUT2D eigenvalue weighted by atomic mass is 10.1. The maximum Gasteiger partial charge on any atom is 0.226 e. The second-order valence-electron chi connectivity index (χ2n) is 4.29. The lowest BCUT2D eigenvalue weighted by Gasteiger charge is -2.22. The van der Waals surface area contributed by atoms with Gasteiger partial charge < -0.3 is 20.1 Å². The smallest absolute Gasteiger partial charge is 0.226 e. The van der Waals surface area contributed by atoms with Crippen molar-refractivity contribution in [3.05, 3.63) is 17.7 Å². The highest BCUT2D eigenvalue weighted by Gasteiger charge is 2.18. The van der Waals surface area contributed by atoms with E-state index < -0.39 is 0 Å². The average Bonchev–Trinajstić information content (AvgIpc) is 2.43. The summed E-state index contributed by atoms with van der Waals surface area (Å²) in [5, 5.41) is 0. The summed E-state index contributed by atoms with van der Waals surface area (Å²) in [6.45, 7) is 2.41. The van der Waals surface area contributed by atoms with Gasteiger partial charge in [-0.2, -0.15) is 0 Å². The number of carbonyl (C=O) groups excluding carboxylic acids is 1. The molecule has 0 spiro atoms. The molecule has 2 N–H and O–H groups in total.